The van der Waals surface area contributed by atoms with Gasteiger partial charge < -0.3 is 5.11 Å². The Morgan fingerprint density at radius 1 is 1.21 bits per heavy atom. The van der Waals surface area contributed by atoms with Crippen molar-refractivity contribution in [1.29, 1.82) is 0 Å². The van der Waals surface area contributed by atoms with Crippen LogP contribution in [0.3, 0.4) is 0 Å². The summed E-state index contributed by atoms with van der Waals surface area (Å²) < 4.78 is 0. The van der Waals surface area contributed by atoms with E-state index < -0.39 is 5.97 Å². The summed E-state index contributed by atoms with van der Waals surface area (Å²) in [5.74, 6) is 0.262. The molecule has 2 atom stereocenters. The minimum Gasteiger partial charge on any atom is -0.481 e. The molecule has 2 fully saturated rings. The molecule has 1 saturated carbocycles. The van der Waals surface area contributed by atoms with E-state index >= 15 is 0 Å². The van der Waals surface area contributed by atoms with Crippen LogP contribution in [-0.2, 0) is 11.3 Å². The van der Waals surface area contributed by atoms with Crippen LogP contribution in [0.5, 0.6) is 0 Å². The Morgan fingerprint density at radius 2 is 1.95 bits per heavy atom. The van der Waals surface area contributed by atoms with E-state index in [1.165, 1.54) is 24.8 Å². The van der Waals surface area contributed by atoms with Crippen LogP contribution in [0.25, 0.3) is 0 Å². The average molecular weight is 259 g/mol. The molecule has 1 aromatic carbocycles. The van der Waals surface area contributed by atoms with E-state index in [2.05, 4.69) is 17.0 Å². The molecule has 3 rings (SSSR count). The molecule has 0 radical (unpaired) electrons. The molecule has 1 heterocycles. The molecular weight excluding hydrogens is 238 g/mol. The lowest BCUT2D eigenvalue weighted by Gasteiger charge is -2.33. The fourth-order valence-electron chi connectivity index (χ4n) is 3.49. The summed E-state index contributed by atoms with van der Waals surface area (Å²) in [5, 5.41) is 9.41. The second-order valence-corrected chi connectivity index (χ2v) is 5.98. The Kier molecular flexibility index (Phi) is 3.56. The monoisotopic (exact) mass is 259 g/mol. The highest BCUT2D eigenvalue weighted by molar-refractivity contribution is 5.71. The van der Waals surface area contributed by atoms with Crippen molar-refractivity contribution >= 4 is 5.97 Å². The maximum Gasteiger partial charge on any atom is 0.308 e. The van der Waals surface area contributed by atoms with Crippen molar-refractivity contribution in [3.8, 4) is 0 Å². The van der Waals surface area contributed by atoms with Crippen LogP contribution < -0.4 is 0 Å². The third-order valence-corrected chi connectivity index (χ3v) is 4.76. The van der Waals surface area contributed by atoms with Crippen molar-refractivity contribution in [3.05, 3.63) is 35.9 Å². The zero-order valence-corrected chi connectivity index (χ0v) is 11.2. The SMILES string of the molecule is O=C(O)[C@@H]1CN(Cc2ccccc2)C[C@H]1C1CCC1. The molecular formula is C16H21NO2. The van der Waals surface area contributed by atoms with Gasteiger partial charge in [-0.2, -0.15) is 0 Å². The number of carboxylic acids is 1. The number of hydrogen-bond donors (Lipinski definition) is 1. The molecule has 2 aliphatic rings. The number of nitrogens with zero attached hydrogens (tertiary/aromatic N) is 1. The molecule has 0 amide bonds. The van der Waals surface area contributed by atoms with E-state index in [0.717, 1.165) is 13.1 Å². The summed E-state index contributed by atoms with van der Waals surface area (Å²) in [7, 11) is 0. The number of carbonyl (C=O) groups is 1. The summed E-state index contributed by atoms with van der Waals surface area (Å²) in [6, 6.07) is 10.3. The van der Waals surface area contributed by atoms with E-state index in [0.29, 0.717) is 18.4 Å². The van der Waals surface area contributed by atoms with Gasteiger partial charge in [0.05, 0.1) is 5.92 Å². The second kappa shape index (κ2) is 5.33. The summed E-state index contributed by atoms with van der Waals surface area (Å²) in [4.78, 5) is 13.7. The van der Waals surface area contributed by atoms with Crippen molar-refractivity contribution in [2.24, 2.45) is 17.8 Å². The van der Waals surface area contributed by atoms with Crippen LogP contribution in [0.1, 0.15) is 24.8 Å². The molecule has 0 spiro atoms. The van der Waals surface area contributed by atoms with Crippen molar-refractivity contribution in [3.63, 3.8) is 0 Å². The first-order valence-corrected chi connectivity index (χ1v) is 7.23. The van der Waals surface area contributed by atoms with Gasteiger partial charge in [-0.25, -0.2) is 0 Å². The molecule has 1 aromatic rings. The zero-order chi connectivity index (χ0) is 13.2. The van der Waals surface area contributed by atoms with Gasteiger partial charge in [0.15, 0.2) is 0 Å². The van der Waals surface area contributed by atoms with Gasteiger partial charge in [0.25, 0.3) is 0 Å². The lowest BCUT2D eigenvalue weighted by atomic mass is 9.72. The highest BCUT2D eigenvalue weighted by Crippen LogP contribution is 2.41. The summed E-state index contributed by atoms with van der Waals surface area (Å²) in [6.45, 7) is 2.55. The first-order chi connectivity index (χ1) is 9.24. The Balaban J connectivity index is 1.66. The fraction of sp³-hybridized carbons (Fsp3) is 0.562. The highest BCUT2D eigenvalue weighted by atomic mass is 16.4. The molecule has 0 aromatic heterocycles. The predicted octanol–water partition coefficient (Wildman–Crippen LogP) is 2.62. The fourth-order valence-corrected chi connectivity index (χ4v) is 3.49. The Bertz CT molecular complexity index is 441. The molecule has 1 N–H and O–H groups in total. The Morgan fingerprint density at radius 3 is 2.53 bits per heavy atom. The number of likely N-dealkylation sites (tertiary alicyclic amines) is 1. The van der Waals surface area contributed by atoms with Crippen molar-refractivity contribution < 1.29 is 9.90 Å². The molecule has 0 bridgehead atoms. The first kappa shape index (κ1) is 12.7. The van der Waals surface area contributed by atoms with E-state index in [1.807, 2.05) is 18.2 Å². The van der Waals surface area contributed by atoms with Crippen LogP contribution >= 0.6 is 0 Å². The minimum absolute atomic E-state index is 0.158. The third-order valence-electron chi connectivity index (χ3n) is 4.76. The van der Waals surface area contributed by atoms with Gasteiger partial charge >= 0.3 is 5.97 Å². The third kappa shape index (κ3) is 2.66. The van der Waals surface area contributed by atoms with E-state index in [9.17, 15) is 9.90 Å². The number of rotatable bonds is 4. The molecule has 1 saturated heterocycles. The predicted molar refractivity (Wildman–Crippen MR) is 73.7 cm³/mol. The van der Waals surface area contributed by atoms with Gasteiger partial charge in [-0.15, -0.1) is 0 Å². The lowest BCUT2D eigenvalue weighted by Crippen LogP contribution is -2.31. The summed E-state index contributed by atoms with van der Waals surface area (Å²) >= 11 is 0. The standard InChI is InChI=1S/C16H21NO2/c18-16(19)15-11-17(9-12-5-2-1-3-6-12)10-14(15)13-7-4-8-13/h1-3,5-6,13-15H,4,7-11H2,(H,18,19)/t14-,15+/m0/s1. The first-order valence-electron chi connectivity index (χ1n) is 7.23. The van der Waals surface area contributed by atoms with Gasteiger partial charge in [-0.3, -0.25) is 9.69 Å². The minimum atomic E-state index is -0.604. The summed E-state index contributed by atoms with van der Waals surface area (Å²) in [5.41, 5.74) is 1.28. The van der Waals surface area contributed by atoms with Crippen molar-refractivity contribution in [2.45, 2.75) is 25.8 Å². The number of benzene rings is 1. The van der Waals surface area contributed by atoms with Gasteiger partial charge in [-0.05, 0) is 17.4 Å². The molecule has 3 nitrogen and oxygen atoms in total. The van der Waals surface area contributed by atoms with Crippen molar-refractivity contribution in [1.82, 2.24) is 4.90 Å². The quantitative estimate of drug-likeness (QED) is 0.903. The maximum absolute atomic E-state index is 11.4. The van der Waals surface area contributed by atoms with Crippen molar-refractivity contribution in [2.75, 3.05) is 13.1 Å². The molecule has 1 aliphatic heterocycles. The van der Waals surface area contributed by atoms with Gasteiger partial charge in [0.2, 0.25) is 0 Å². The van der Waals surface area contributed by atoms with Gasteiger partial charge in [0, 0.05) is 19.6 Å². The smallest absolute Gasteiger partial charge is 0.308 e. The number of aliphatic carboxylic acids is 1. The normalized spacial score (nSPS) is 28.2. The average Bonchev–Trinajstić information content (AvgIpc) is 2.72. The van der Waals surface area contributed by atoms with Crippen LogP contribution in [0.2, 0.25) is 0 Å². The topological polar surface area (TPSA) is 40.5 Å². The molecule has 0 unspecified atom stereocenters. The second-order valence-electron chi connectivity index (χ2n) is 5.98. The van der Waals surface area contributed by atoms with Crippen LogP contribution in [-0.4, -0.2) is 29.1 Å². The lowest BCUT2D eigenvalue weighted by molar-refractivity contribution is -0.143. The van der Waals surface area contributed by atoms with E-state index in [4.69, 9.17) is 0 Å². The Hall–Kier alpha value is -1.35. The van der Waals surface area contributed by atoms with Gasteiger partial charge in [-0.1, -0.05) is 49.6 Å². The van der Waals surface area contributed by atoms with Crippen LogP contribution in [0.4, 0.5) is 0 Å². The summed E-state index contributed by atoms with van der Waals surface area (Å²) in [6.07, 6.45) is 3.74. The largest absolute Gasteiger partial charge is 0.481 e. The zero-order valence-electron chi connectivity index (χ0n) is 11.2. The number of carboxylic acid groups (broad SMARTS) is 1. The maximum atomic E-state index is 11.4. The molecule has 102 valence electrons. The highest BCUT2D eigenvalue weighted by Gasteiger charge is 2.43. The van der Waals surface area contributed by atoms with Gasteiger partial charge in [0.1, 0.15) is 0 Å². The Labute approximate surface area is 114 Å². The van der Waals surface area contributed by atoms with Crippen LogP contribution in [0, 0.1) is 17.8 Å². The van der Waals surface area contributed by atoms with E-state index in [-0.39, 0.29) is 5.92 Å². The van der Waals surface area contributed by atoms with Crippen LogP contribution in [0.15, 0.2) is 30.3 Å². The number of hydrogen-bond acceptors (Lipinski definition) is 2. The molecule has 1 aliphatic carbocycles. The van der Waals surface area contributed by atoms with E-state index in [1.54, 1.807) is 0 Å². The molecule has 3 heteroatoms. The molecule has 19 heavy (non-hydrogen) atoms.